The number of fused-ring (bicyclic) bond motifs is 6. The van der Waals surface area contributed by atoms with E-state index in [-0.39, 0.29) is 35.1 Å². The first kappa shape index (κ1) is 23.7. The second-order valence-electron chi connectivity index (χ2n) is 13.7. The topological polar surface area (TPSA) is 76.0 Å². The monoisotopic (exact) mass is 474 g/mol. The summed E-state index contributed by atoms with van der Waals surface area (Å²) < 4.78 is 12.8. The zero-order chi connectivity index (χ0) is 24.0. The summed E-state index contributed by atoms with van der Waals surface area (Å²) in [6.45, 7) is 9.25. The first-order chi connectivity index (χ1) is 16.2. The van der Waals surface area contributed by atoms with Crippen molar-refractivity contribution >= 4 is 5.97 Å². The summed E-state index contributed by atoms with van der Waals surface area (Å²) in [4.78, 5) is 13.2. The smallest absolute Gasteiger partial charge is 0.314 e. The van der Waals surface area contributed by atoms with Crippen molar-refractivity contribution in [3.63, 3.8) is 0 Å². The molecule has 0 unspecified atom stereocenters. The third-order valence-corrected chi connectivity index (χ3v) is 12.4. The van der Waals surface area contributed by atoms with Crippen LogP contribution < -0.4 is 0 Å². The maximum absolute atomic E-state index is 13.2. The van der Waals surface area contributed by atoms with Gasteiger partial charge >= 0.3 is 5.97 Å². The number of esters is 1. The fourth-order valence-corrected chi connectivity index (χ4v) is 10.7. The van der Waals surface area contributed by atoms with Crippen LogP contribution in [0, 0.1) is 58.2 Å². The normalized spacial score (nSPS) is 54.6. The highest BCUT2D eigenvalue weighted by atomic mass is 16.7. The fraction of sp³-hybridized carbons (Fsp3) is 0.966. The number of ether oxygens (including phenoxy) is 2. The molecule has 2 bridgehead atoms. The Bertz CT molecular complexity index is 812. The SMILES string of the molecule is CC[C@H](C[C@H]1O[C@@H]2OC(=O)[C@H]1[C@H]1CC[C@H]3[C@@H]4CC[C@H]5C[C@@H](O)[C@@H](O)C[C@]5(C)[C@H]4CC[C@]213)C(C)C. The third-order valence-electron chi connectivity index (χ3n) is 12.4. The molecule has 192 valence electrons. The van der Waals surface area contributed by atoms with Gasteiger partial charge in [0.2, 0.25) is 6.29 Å². The Kier molecular flexibility index (Phi) is 5.71. The highest BCUT2D eigenvalue weighted by Crippen LogP contribution is 2.72. The van der Waals surface area contributed by atoms with E-state index in [4.69, 9.17) is 9.47 Å². The van der Waals surface area contributed by atoms with Gasteiger partial charge in [0, 0.05) is 5.41 Å². The maximum atomic E-state index is 13.2. The number of hydrogen-bond donors (Lipinski definition) is 2. The van der Waals surface area contributed by atoms with Crippen LogP contribution in [-0.4, -0.2) is 40.8 Å². The van der Waals surface area contributed by atoms with Crippen LogP contribution in [0.5, 0.6) is 0 Å². The minimum Gasteiger partial charge on any atom is -0.435 e. The lowest BCUT2D eigenvalue weighted by Crippen LogP contribution is -2.67. The molecule has 2 N–H and O–H groups in total. The molecule has 1 spiro atoms. The molecule has 0 aromatic heterocycles. The average Bonchev–Trinajstić information content (AvgIpc) is 3.20. The first-order valence-electron chi connectivity index (χ1n) is 14.4. The molecule has 34 heavy (non-hydrogen) atoms. The van der Waals surface area contributed by atoms with E-state index in [1.165, 1.54) is 12.8 Å². The van der Waals surface area contributed by atoms with Crippen molar-refractivity contribution in [2.75, 3.05) is 0 Å². The molecule has 0 aromatic rings. The predicted octanol–water partition coefficient (Wildman–Crippen LogP) is 4.93. The zero-order valence-electron chi connectivity index (χ0n) is 21.6. The van der Waals surface area contributed by atoms with Crippen LogP contribution in [0.15, 0.2) is 0 Å². The zero-order valence-corrected chi connectivity index (χ0v) is 21.6. The highest BCUT2D eigenvalue weighted by Gasteiger charge is 2.72. The van der Waals surface area contributed by atoms with Crippen molar-refractivity contribution in [1.82, 2.24) is 0 Å². The highest BCUT2D eigenvalue weighted by molar-refractivity contribution is 5.76. The van der Waals surface area contributed by atoms with Gasteiger partial charge in [-0.3, -0.25) is 4.79 Å². The maximum Gasteiger partial charge on any atom is 0.314 e. The molecule has 3 aliphatic heterocycles. The summed E-state index contributed by atoms with van der Waals surface area (Å²) in [7, 11) is 0. The van der Waals surface area contributed by atoms with Gasteiger partial charge in [0.15, 0.2) is 0 Å². The van der Waals surface area contributed by atoms with Crippen LogP contribution in [0.4, 0.5) is 0 Å². The summed E-state index contributed by atoms with van der Waals surface area (Å²) in [5, 5.41) is 20.9. The molecule has 7 aliphatic rings. The average molecular weight is 475 g/mol. The van der Waals surface area contributed by atoms with Crippen LogP contribution in [0.3, 0.4) is 0 Å². The predicted molar refractivity (Wildman–Crippen MR) is 128 cm³/mol. The number of carbonyl (C=O) groups is 1. The lowest BCUT2D eigenvalue weighted by molar-refractivity contribution is -0.339. The first-order valence-corrected chi connectivity index (χ1v) is 14.4. The largest absolute Gasteiger partial charge is 0.435 e. The van der Waals surface area contributed by atoms with Gasteiger partial charge in [-0.15, -0.1) is 0 Å². The van der Waals surface area contributed by atoms with Gasteiger partial charge in [-0.05, 0) is 105 Å². The fourth-order valence-electron chi connectivity index (χ4n) is 10.7. The lowest BCUT2D eigenvalue weighted by atomic mass is 9.43. The van der Waals surface area contributed by atoms with Gasteiger partial charge < -0.3 is 19.7 Å². The summed E-state index contributed by atoms with van der Waals surface area (Å²) in [6.07, 6.45) is 9.05. The van der Waals surface area contributed by atoms with Crippen molar-refractivity contribution in [2.24, 2.45) is 58.2 Å². The molecule has 7 fully saturated rings. The minimum absolute atomic E-state index is 0.00573. The van der Waals surface area contributed by atoms with Gasteiger partial charge in [-0.1, -0.05) is 34.1 Å². The van der Waals surface area contributed by atoms with Crippen LogP contribution >= 0.6 is 0 Å². The molecule has 3 saturated heterocycles. The molecule has 0 aromatic carbocycles. The van der Waals surface area contributed by atoms with E-state index in [9.17, 15) is 15.0 Å². The second-order valence-corrected chi connectivity index (χ2v) is 13.7. The quantitative estimate of drug-likeness (QED) is 0.565. The Morgan fingerprint density at radius 2 is 1.79 bits per heavy atom. The number of rotatable bonds is 4. The molecule has 4 saturated carbocycles. The molecule has 3 heterocycles. The second kappa shape index (κ2) is 8.18. The molecule has 5 nitrogen and oxygen atoms in total. The molecule has 0 radical (unpaired) electrons. The van der Waals surface area contributed by atoms with E-state index in [1.54, 1.807) is 0 Å². The molecule has 0 amide bonds. The van der Waals surface area contributed by atoms with Gasteiger partial charge in [-0.2, -0.15) is 0 Å². The number of aliphatic hydroxyl groups excluding tert-OH is 2. The third kappa shape index (κ3) is 3.11. The van der Waals surface area contributed by atoms with E-state index < -0.39 is 12.2 Å². The summed E-state index contributed by atoms with van der Waals surface area (Å²) in [5.41, 5.74) is 0.117. The van der Waals surface area contributed by atoms with E-state index in [2.05, 4.69) is 27.7 Å². The van der Waals surface area contributed by atoms with Gasteiger partial charge in [0.25, 0.3) is 0 Å². The van der Waals surface area contributed by atoms with Crippen LogP contribution in [-0.2, 0) is 14.3 Å². The molecule has 13 atom stereocenters. The Labute approximate surface area is 205 Å². The molecular weight excluding hydrogens is 428 g/mol. The molecule has 5 heteroatoms. The summed E-state index contributed by atoms with van der Waals surface area (Å²) >= 11 is 0. The standard InChI is InChI=1S/C29H46O5/c1-5-16(15(2)3)12-24-25-21-9-8-20-18-7-6-17-13-22(30)23(31)14-28(17,4)19(18)10-11-29(20,21)27(33-24)34-26(25)32/h15-25,27,30-31H,5-14H2,1-4H3/t16-,17+,18-,19+,20+,21-,22-,23+,24-,25+,27-,28+,29-/m1/s1. The van der Waals surface area contributed by atoms with Crippen molar-refractivity contribution in [3.8, 4) is 0 Å². The number of hydrogen-bond acceptors (Lipinski definition) is 5. The van der Waals surface area contributed by atoms with E-state index >= 15 is 0 Å². The van der Waals surface area contributed by atoms with Crippen molar-refractivity contribution in [2.45, 2.75) is 117 Å². The van der Waals surface area contributed by atoms with Gasteiger partial charge in [0.05, 0.1) is 24.2 Å². The van der Waals surface area contributed by atoms with Crippen LogP contribution in [0.2, 0.25) is 0 Å². The van der Waals surface area contributed by atoms with Gasteiger partial charge in [-0.25, -0.2) is 0 Å². The van der Waals surface area contributed by atoms with Gasteiger partial charge in [0.1, 0.15) is 0 Å². The Morgan fingerprint density at radius 3 is 2.53 bits per heavy atom. The van der Waals surface area contributed by atoms with E-state index in [0.717, 1.165) is 51.4 Å². The summed E-state index contributed by atoms with van der Waals surface area (Å²) in [6, 6.07) is 0. The van der Waals surface area contributed by atoms with Crippen molar-refractivity contribution < 1.29 is 24.5 Å². The molecule has 4 aliphatic carbocycles. The molecular formula is C29H46O5. The Balaban J connectivity index is 1.27. The van der Waals surface area contributed by atoms with E-state index in [0.29, 0.717) is 41.4 Å². The van der Waals surface area contributed by atoms with E-state index in [1.807, 2.05) is 0 Å². The number of aliphatic hydroxyl groups is 2. The summed E-state index contributed by atoms with van der Waals surface area (Å²) in [5.74, 6) is 3.83. The van der Waals surface area contributed by atoms with Crippen LogP contribution in [0.25, 0.3) is 0 Å². The Morgan fingerprint density at radius 1 is 1.03 bits per heavy atom. The molecule has 7 rings (SSSR count). The number of carbonyl (C=O) groups excluding carboxylic acids is 1. The minimum atomic E-state index is -0.588. The Hall–Kier alpha value is -0.650. The van der Waals surface area contributed by atoms with Crippen molar-refractivity contribution in [3.05, 3.63) is 0 Å². The van der Waals surface area contributed by atoms with Crippen molar-refractivity contribution in [1.29, 1.82) is 0 Å². The van der Waals surface area contributed by atoms with Crippen LogP contribution in [0.1, 0.15) is 91.9 Å². The lowest BCUT2D eigenvalue weighted by Gasteiger charge is -2.65.